The molecule has 0 spiro atoms. The molecule has 0 saturated heterocycles. The van der Waals surface area contributed by atoms with Crippen LogP contribution in [0.5, 0.6) is 34.5 Å². The van der Waals surface area contributed by atoms with Gasteiger partial charge in [0, 0.05) is 23.4 Å². The summed E-state index contributed by atoms with van der Waals surface area (Å²) in [6.45, 7) is 0. The SMILES string of the molecule is O=C(Nc1cccc(Oc2ccc(O)c(O)c2)c1)c1ccc(O)c(O)c1. The number of phenols is 4. The van der Waals surface area contributed by atoms with Crippen LogP contribution in [0.1, 0.15) is 10.4 Å². The summed E-state index contributed by atoms with van der Waals surface area (Å²) in [6, 6.07) is 14.4. The number of hydrogen-bond donors (Lipinski definition) is 5. The Morgan fingerprint density at radius 2 is 1.38 bits per heavy atom. The van der Waals surface area contributed by atoms with Gasteiger partial charge in [0.05, 0.1) is 0 Å². The van der Waals surface area contributed by atoms with Crippen LogP contribution in [0.3, 0.4) is 0 Å². The smallest absolute Gasteiger partial charge is 0.255 e. The number of benzene rings is 3. The lowest BCUT2D eigenvalue weighted by molar-refractivity contribution is 0.102. The Morgan fingerprint density at radius 3 is 2.08 bits per heavy atom. The van der Waals surface area contributed by atoms with Gasteiger partial charge in [-0.1, -0.05) is 6.07 Å². The van der Waals surface area contributed by atoms with Crippen LogP contribution >= 0.6 is 0 Å². The quantitative estimate of drug-likeness (QED) is 0.458. The molecule has 0 unspecified atom stereocenters. The molecule has 3 rings (SSSR count). The van der Waals surface area contributed by atoms with Crippen molar-refractivity contribution in [3.05, 3.63) is 66.2 Å². The highest BCUT2D eigenvalue weighted by atomic mass is 16.5. The summed E-state index contributed by atoms with van der Waals surface area (Å²) >= 11 is 0. The molecule has 0 aliphatic heterocycles. The predicted octanol–water partition coefficient (Wildman–Crippen LogP) is 3.55. The molecule has 132 valence electrons. The number of aromatic hydroxyl groups is 4. The number of nitrogens with one attached hydrogen (secondary N) is 1. The number of hydrogen-bond acceptors (Lipinski definition) is 6. The van der Waals surface area contributed by atoms with E-state index in [4.69, 9.17) is 4.74 Å². The Kier molecular flexibility index (Phi) is 4.53. The van der Waals surface area contributed by atoms with Crippen LogP contribution in [-0.2, 0) is 0 Å². The van der Waals surface area contributed by atoms with E-state index in [1.807, 2.05) is 0 Å². The fourth-order valence-electron chi connectivity index (χ4n) is 2.21. The maximum absolute atomic E-state index is 12.2. The lowest BCUT2D eigenvalue weighted by Crippen LogP contribution is -2.11. The number of anilines is 1. The average molecular weight is 353 g/mol. The van der Waals surface area contributed by atoms with Gasteiger partial charge in [0.15, 0.2) is 23.0 Å². The summed E-state index contributed by atoms with van der Waals surface area (Å²) in [4.78, 5) is 12.2. The first-order chi connectivity index (χ1) is 12.4. The lowest BCUT2D eigenvalue weighted by Gasteiger charge is -2.10. The first kappa shape index (κ1) is 17.0. The number of carbonyl (C=O) groups is 1. The largest absolute Gasteiger partial charge is 0.504 e. The molecule has 7 nitrogen and oxygen atoms in total. The number of carbonyl (C=O) groups excluding carboxylic acids is 1. The number of phenolic OH excluding ortho intramolecular Hbond substituents is 4. The fourth-order valence-corrected chi connectivity index (χ4v) is 2.21. The number of ether oxygens (including phenoxy) is 1. The van der Waals surface area contributed by atoms with E-state index in [2.05, 4.69) is 5.32 Å². The fraction of sp³-hybridized carbons (Fsp3) is 0. The molecule has 7 heteroatoms. The standard InChI is InChI=1S/C19H15NO6/c21-15-6-4-11(8-17(15)23)19(25)20-12-2-1-3-13(9-12)26-14-5-7-16(22)18(24)10-14/h1-10,21-24H,(H,20,25). The molecular weight excluding hydrogens is 338 g/mol. The summed E-state index contributed by atoms with van der Waals surface area (Å²) in [5, 5.41) is 40.2. The second kappa shape index (κ2) is 6.94. The predicted molar refractivity (Wildman–Crippen MR) is 94.0 cm³/mol. The van der Waals surface area contributed by atoms with Gasteiger partial charge in [-0.2, -0.15) is 0 Å². The highest BCUT2D eigenvalue weighted by Gasteiger charge is 2.10. The van der Waals surface area contributed by atoms with E-state index in [-0.39, 0.29) is 28.6 Å². The normalized spacial score (nSPS) is 10.3. The lowest BCUT2D eigenvalue weighted by atomic mass is 10.2. The van der Waals surface area contributed by atoms with Gasteiger partial charge in [-0.3, -0.25) is 4.79 Å². The van der Waals surface area contributed by atoms with Crippen molar-refractivity contribution < 1.29 is 30.0 Å². The van der Waals surface area contributed by atoms with E-state index in [1.54, 1.807) is 24.3 Å². The zero-order chi connectivity index (χ0) is 18.7. The molecule has 5 N–H and O–H groups in total. The first-order valence-electron chi connectivity index (χ1n) is 7.55. The third-order valence-electron chi connectivity index (χ3n) is 3.51. The van der Waals surface area contributed by atoms with Crippen molar-refractivity contribution in [2.45, 2.75) is 0 Å². The molecular formula is C19H15NO6. The minimum absolute atomic E-state index is 0.176. The van der Waals surface area contributed by atoms with Gasteiger partial charge in [0.1, 0.15) is 11.5 Å². The van der Waals surface area contributed by atoms with Crippen LogP contribution in [0.4, 0.5) is 5.69 Å². The van der Waals surface area contributed by atoms with Crippen LogP contribution < -0.4 is 10.1 Å². The summed E-state index contributed by atoms with van der Waals surface area (Å²) < 4.78 is 5.58. The Morgan fingerprint density at radius 1 is 0.731 bits per heavy atom. The van der Waals surface area contributed by atoms with Crippen LogP contribution in [0, 0.1) is 0 Å². The zero-order valence-corrected chi connectivity index (χ0v) is 13.4. The van der Waals surface area contributed by atoms with Crippen molar-refractivity contribution in [1.82, 2.24) is 0 Å². The van der Waals surface area contributed by atoms with Crippen molar-refractivity contribution in [3.63, 3.8) is 0 Å². The Hall–Kier alpha value is -3.87. The molecule has 0 heterocycles. The van der Waals surface area contributed by atoms with Crippen molar-refractivity contribution in [2.24, 2.45) is 0 Å². The number of amides is 1. The minimum atomic E-state index is -0.472. The molecule has 0 atom stereocenters. The maximum atomic E-state index is 12.2. The van der Waals surface area contributed by atoms with Gasteiger partial charge in [-0.05, 0) is 42.5 Å². The van der Waals surface area contributed by atoms with Gasteiger partial charge in [-0.25, -0.2) is 0 Å². The highest BCUT2D eigenvalue weighted by molar-refractivity contribution is 6.04. The molecule has 1 amide bonds. The van der Waals surface area contributed by atoms with Crippen LogP contribution in [0.15, 0.2) is 60.7 Å². The Bertz CT molecular complexity index is 970. The van der Waals surface area contributed by atoms with Gasteiger partial charge in [-0.15, -0.1) is 0 Å². The third kappa shape index (κ3) is 3.78. The van der Waals surface area contributed by atoms with Gasteiger partial charge in [0.2, 0.25) is 0 Å². The number of rotatable bonds is 4. The van der Waals surface area contributed by atoms with Crippen molar-refractivity contribution in [3.8, 4) is 34.5 Å². The molecule has 0 aromatic heterocycles. The van der Waals surface area contributed by atoms with E-state index in [9.17, 15) is 25.2 Å². The highest BCUT2D eigenvalue weighted by Crippen LogP contribution is 2.32. The molecule has 0 saturated carbocycles. The van der Waals surface area contributed by atoms with E-state index < -0.39 is 5.91 Å². The summed E-state index contributed by atoms with van der Waals surface area (Å²) in [5.41, 5.74) is 0.623. The van der Waals surface area contributed by atoms with Gasteiger partial charge in [0.25, 0.3) is 5.91 Å². The molecule has 0 bridgehead atoms. The second-order valence-corrected chi connectivity index (χ2v) is 5.44. The monoisotopic (exact) mass is 353 g/mol. The third-order valence-corrected chi connectivity index (χ3v) is 3.51. The van der Waals surface area contributed by atoms with Crippen LogP contribution in [-0.4, -0.2) is 26.3 Å². The molecule has 26 heavy (non-hydrogen) atoms. The zero-order valence-electron chi connectivity index (χ0n) is 13.4. The van der Waals surface area contributed by atoms with E-state index >= 15 is 0 Å². The molecule has 3 aromatic rings. The topological polar surface area (TPSA) is 119 Å². The Labute approximate surface area is 148 Å². The van der Waals surface area contributed by atoms with Crippen molar-refractivity contribution in [2.75, 3.05) is 5.32 Å². The van der Waals surface area contributed by atoms with Gasteiger partial charge < -0.3 is 30.5 Å². The molecule has 3 aromatic carbocycles. The Balaban J connectivity index is 1.75. The van der Waals surface area contributed by atoms with Crippen LogP contribution in [0.2, 0.25) is 0 Å². The molecule has 0 aliphatic rings. The molecule has 0 fully saturated rings. The summed E-state index contributed by atoms with van der Waals surface area (Å²) in [5.74, 6) is -1.01. The van der Waals surface area contributed by atoms with Crippen molar-refractivity contribution >= 4 is 11.6 Å². The maximum Gasteiger partial charge on any atom is 0.255 e. The molecule has 0 radical (unpaired) electrons. The second-order valence-electron chi connectivity index (χ2n) is 5.44. The van der Waals surface area contributed by atoms with Crippen molar-refractivity contribution in [1.29, 1.82) is 0 Å². The minimum Gasteiger partial charge on any atom is -0.504 e. The van der Waals surface area contributed by atoms with Crippen LogP contribution in [0.25, 0.3) is 0 Å². The molecule has 0 aliphatic carbocycles. The summed E-state index contributed by atoms with van der Waals surface area (Å²) in [7, 11) is 0. The summed E-state index contributed by atoms with van der Waals surface area (Å²) in [6.07, 6.45) is 0. The van der Waals surface area contributed by atoms with Gasteiger partial charge >= 0.3 is 0 Å². The first-order valence-corrected chi connectivity index (χ1v) is 7.55. The van der Waals surface area contributed by atoms with E-state index in [1.165, 1.54) is 30.3 Å². The van der Waals surface area contributed by atoms with E-state index in [0.29, 0.717) is 17.2 Å². The van der Waals surface area contributed by atoms with E-state index in [0.717, 1.165) is 6.07 Å². The average Bonchev–Trinajstić information content (AvgIpc) is 2.61.